The van der Waals surface area contributed by atoms with Crippen LogP contribution in [0.3, 0.4) is 0 Å². The molecule has 130 valence electrons. The highest BCUT2D eigenvalue weighted by molar-refractivity contribution is 6.00. The molecule has 25 heavy (non-hydrogen) atoms. The summed E-state index contributed by atoms with van der Waals surface area (Å²) in [7, 11) is 1.70. The third kappa shape index (κ3) is 4.67. The summed E-state index contributed by atoms with van der Waals surface area (Å²) in [5.74, 6) is -1.17. The minimum atomic E-state index is -0.988. The minimum absolute atomic E-state index is 0.0979. The molecule has 0 saturated heterocycles. The molecule has 0 saturated carbocycles. The molecule has 0 bridgehead atoms. The number of anilines is 2. The normalized spacial score (nSPS) is 11.3. The first-order chi connectivity index (χ1) is 11.9. The number of carbonyl (C=O) groups excluding carboxylic acids is 3. The van der Waals surface area contributed by atoms with E-state index in [1.54, 1.807) is 55.6 Å². The van der Waals surface area contributed by atoms with Crippen molar-refractivity contribution in [1.82, 2.24) is 0 Å². The first kappa shape index (κ1) is 18.2. The van der Waals surface area contributed by atoms with Gasteiger partial charge in [0, 0.05) is 24.0 Å². The molecule has 0 aromatic heterocycles. The van der Waals surface area contributed by atoms with Gasteiger partial charge in [-0.05, 0) is 38.1 Å². The zero-order valence-electron chi connectivity index (χ0n) is 14.3. The quantitative estimate of drug-likeness (QED) is 0.623. The molecule has 2 aromatic rings. The Labute approximate surface area is 146 Å². The number of amides is 1. The predicted molar refractivity (Wildman–Crippen MR) is 95.9 cm³/mol. The number of hydrogen-bond acceptors (Lipinski definition) is 5. The fourth-order valence-electron chi connectivity index (χ4n) is 2.22. The van der Waals surface area contributed by atoms with E-state index in [9.17, 15) is 14.4 Å². The molecule has 2 aromatic carbocycles. The number of nitrogens with one attached hydrogen (secondary N) is 2. The van der Waals surface area contributed by atoms with Crippen LogP contribution >= 0.6 is 0 Å². The van der Waals surface area contributed by atoms with Crippen LogP contribution in [0.1, 0.15) is 34.6 Å². The number of Topliss-reactive ketones (excluding diaryl/α,β-unsaturated/α-hetero) is 1. The lowest BCUT2D eigenvalue weighted by Crippen LogP contribution is -2.30. The van der Waals surface area contributed by atoms with Gasteiger partial charge in [-0.2, -0.15) is 0 Å². The summed E-state index contributed by atoms with van der Waals surface area (Å²) in [5.41, 5.74) is 1.93. The molecular weight excluding hydrogens is 320 g/mol. The van der Waals surface area contributed by atoms with Crippen molar-refractivity contribution < 1.29 is 19.1 Å². The van der Waals surface area contributed by atoms with E-state index in [1.165, 1.54) is 13.8 Å². The summed E-state index contributed by atoms with van der Waals surface area (Å²) in [6, 6.07) is 13.4. The monoisotopic (exact) mass is 340 g/mol. The summed E-state index contributed by atoms with van der Waals surface area (Å²) >= 11 is 0. The second kappa shape index (κ2) is 8.10. The Hall–Kier alpha value is -3.15. The third-order valence-electron chi connectivity index (χ3n) is 3.61. The number of esters is 1. The number of benzene rings is 2. The first-order valence-corrected chi connectivity index (χ1v) is 7.82. The highest BCUT2D eigenvalue weighted by atomic mass is 16.5. The van der Waals surface area contributed by atoms with Crippen molar-refractivity contribution in [2.45, 2.75) is 20.0 Å². The lowest BCUT2D eigenvalue weighted by molar-refractivity contribution is -0.123. The molecule has 1 amide bonds. The van der Waals surface area contributed by atoms with E-state index in [4.69, 9.17) is 4.74 Å². The van der Waals surface area contributed by atoms with Crippen molar-refractivity contribution >= 4 is 29.0 Å². The summed E-state index contributed by atoms with van der Waals surface area (Å²) in [6.45, 7) is 2.94. The second-order valence-corrected chi connectivity index (χ2v) is 5.47. The van der Waals surface area contributed by atoms with E-state index in [0.29, 0.717) is 22.5 Å². The van der Waals surface area contributed by atoms with Crippen molar-refractivity contribution in [3.63, 3.8) is 0 Å². The predicted octanol–water partition coefficient (Wildman–Crippen LogP) is 3.11. The lowest BCUT2D eigenvalue weighted by Gasteiger charge is -2.15. The Morgan fingerprint density at radius 1 is 1.04 bits per heavy atom. The van der Waals surface area contributed by atoms with Crippen LogP contribution in [0.5, 0.6) is 0 Å². The SMILES string of the molecule is CNc1ccccc1C(=O)O[C@@H](C)C(=O)Nc1cccc(C(C)=O)c1. The van der Waals surface area contributed by atoms with E-state index in [2.05, 4.69) is 10.6 Å². The zero-order valence-corrected chi connectivity index (χ0v) is 14.3. The number of rotatable bonds is 6. The van der Waals surface area contributed by atoms with E-state index in [1.807, 2.05) is 0 Å². The van der Waals surface area contributed by atoms with Crippen molar-refractivity contribution in [3.8, 4) is 0 Å². The molecule has 0 radical (unpaired) electrons. The molecule has 6 heteroatoms. The van der Waals surface area contributed by atoms with Gasteiger partial charge in [0.05, 0.1) is 5.56 Å². The van der Waals surface area contributed by atoms with Crippen molar-refractivity contribution in [2.75, 3.05) is 17.7 Å². The fourth-order valence-corrected chi connectivity index (χ4v) is 2.22. The van der Waals surface area contributed by atoms with Crippen molar-refractivity contribution in [3.05, 3.63) is 59.7 Å². The first-order valence-electron chi connectivity index (χ1n) is 7.82. The molecule has 0 unspecified atom stereocenters. The van der Waals surface area contributed by atoms with Crippen LogP contribution in [-0.2, 0) is 9.53 Å². The van der Waals surface area contributed by atoms with E-state index < -0.39 is 18.0 Å². The van der Waals surface area contributed by atoms with Crippen LogP contribution in [-0.4, -0.2) is 30.8 Å². The Bertz CT molecular complexity index is 802. The molecule has 1 atom stereocenters. The smallest absolute Gasteiger partial charge is 0.341 e. The summed E-state index contributed by atoms with van der Waals surface area (Å²) in [6.07, 6.45) is -0.988. The second-order valence-electron chi connectivity index (χ2n) is 5.47. The van der Waals surface area contributed by atoms with Crippen LogP contribution < -0.4 is 10.6 Å². The van der Waals surface area contributed by atoms with Crippen LogP contribution in [0.15, 0.2) is 48.5 Å². The lowest BCUT2D eigenvalue weighted by atomic mass is 10.1. The van der Waals surface area contributed by atoms with E-state index >= 15 is 0 Å². The zero-order chi connectivity index (χ0) is 18.4. The molecule has 0 spiro atoms. The van der Waals surface area contributed by atoms with Crippen molar-refractivity contribution in [2.24, 2.45) is 0 Å². The Kier molecular flexibility index (Phi) is 5.89. The van der Waals surface area contributed by atoms with Gasteiger partial charge in [0.1, 0.15) is 0 Å². The summed E-state index contributed by atoms with van der Waals surface area (Å²) in [5, 5.41) is 5.54. The molecule has 0 aliphatic carbocycles. The average molecular weight is 340 g/mol. The minimum Gasteiger partial charge on any atom is -0.449 e. The van der Waals surface area contributed by atoms with Crippen LogP contribution in [0, 0.1) is 0 Å². The van der Waals surface area contributed by atoms with Crippen LogP contribution in [0.25, 0.3) is 0 Å². The number of para-hydroxylation sites is 1. The Morgan fingerprint density at radius 3 is 2.44 bits per heavy atom. The van der Waals surface area contributed by atoms with Gasteiger partial charge in [0.2, 0.25) is 0 Å². The van der Waals surface area contributed by atoms with Gasteiger partial charge in [-0.25, -0.2) is 4.79 Å². The van der Waals surface area contributed by atoms with E-state index in [0.717, 1.165) is 0 Å². The number of ether oxygens (including phenoxy) is 1. The topological polar surface area (TPSA) is 84.5 Å². The van der Waals surface area contributed by atoms with Gasteiger partial charge in [-0.3, -0.25) is 9.59 Å². The largest absolute Gasteiger partial charge is 0.449 e. The fraction of sp³-hybridized carbons (Fsp3) is 0.211. The molecule has 0 fully saturated rings. The Balaban J connectivity index is 2.04. The summed E-state index contributed by atoms with van der Waals surface area (Å²) in [4.78, 5) is 35.9. The number of hydrogen-bond donors (Lipinski definition) is 2. The third-order valence-corrected chi connectivity index (χ3v) is 3.61. The molecular formula is C19H20N2O4. The average Bonchev–Trinajstić information content (AvgIpc) is 2.61. The van der Waals surface area contributed by atoms with Gasteiger partial charge in [-0.15, -0.1) is 0 Å². The maximum absolute atomic E-state index is 12.2. The van der Waals surface area contributed by atoms with Gasteiger partial charge < -0.3 is 15.4 Å². The Morgan fingerprint density at radius 2 is 1.76 bits per heavy atom. The van der Waals surface area contributed by atoms with Gasteiger partial charge in [0.15, 0.2) is 11.9 Å². The molecule has 2 N–H and O–H groups in total. The van der Waals surface area contributed by atoms with Gasteiger partial charge >= 0.3 is 5.97 Å². The number of ketones is 1. The van der Waals surface area contributed by atoms with Crippen molar-refractivity contribution in [1.29, 1.82) is 0 Å². The van der Waals surface area contributed by atoms with Crippen LogP contribution in [0.2, 0.25) is 0 Å². The summed E-state index contributed by atoms with van der Waals surface area (Å²) < 4.78 is 5.23. The molecule has 2 rings (SSSR count). The molecule has 0 aliphatic rings. The highest BCUT2D eigenvalue weighted by Gasteiger charge is 2.20. The van der Waals surface area contributed by atoms with Gasteiger partial charge in [-0.1, -0.05) is 24.3 Å². The maximum Gasteiger partial charge on any atom is 0.341 e. The molecule has 6 nitrogen and oxygen atoms in total. The standard InChI is InChI=1S/C19H20N2O4/c1-12(22)14-7-6-8-15(11-14)21-18(23)13(2)25-19(24)16-9-4-5-10-17(16)20-3/h4-11,13,20H,1-3H3,(H,21,23)/t13-/m0/s1. The highest BCUT2D eigenvalue weighted by Crippen LogP contribution is 2.17. The number of carbonyl (C=O) groups is 3. The van der Waals surface area contributed by atoms with Gasteiger partial charge in [0.25, 0.3) is 5.91 Å². The maximum atomic E-state index is 12.2. The van der Waals surface area contributed by atoms with Crippen LogP contribution in [0.4, 0.5) is 11.4 Å². The molecule has 0 aliphatic heterocycles. The molecule has 0 heterocycles. The van der Waals surface area contributed by atoms with E-state index in [-0.39, 0.29) is 5.78 Å².